The van der Waals surface area contributed by atoms with E-state index in [-0.39, 0.29) is 0 Å². The number of aryl methyl sites for hydroxylation is 12. The van der Waals surface area contributed by atoms with Gasteiger partial charge >= 0.3 is 0 Å². The van der Waals surface area contributed by atoms with Crippen LogP contribution in [0.3, 0.4) is 0 Å². The van der Waals surface area contributed by atoms with Gasteiger partial charge in [0.05, 0.1) is 0 Å². The van der Waals surface area contributed by atoms with Gasteiger partial charge in [-0.1, -0.05) is 457 Å². The molecule has 0 heteroatoms. The summed E-state index contributed by atoms with van der Waals surface area (Å²) in [5, 5.41) is 21.6. The molecule has 0 unspecified atom stereocenters. The number of fused-ring (bicyclic) bond motifs is 16. The molecule has 4 aliphatic rings. The second kappa shape index (κ2) is 33.7. The topological polar surface area (TPSA) is 0 Å². The van der Waals surface area contributed by atoms with Crippen LogP contribution in [0.2, 0.25) is 0 Å². The first-order valence-electron chi connectivity index (χ1n) is 49.5. The summed E-state index contributed by atoms with van der Waals surface area (Å²) >= 11 is 0. The monoisotopic (exact) mass is 1780 g/mol. The summed E-state index contributed by atoms with van der Waals surface area (Å²) in [7, 11) is 0. The highest BCUT2D eigenvalue weighted by Crippen LogP contribution is 2.64. The molecule has 0 saturated heterocycles. The standard InChI is InChI=1S/2C36H28.2C34H24/c1-21-8-5-10-25(18-21)32-28-16-14-23(3)20-31(28)33(26-11-6-9-22(2)19-26)35-29-13-7-12-27-24(4)15-17-30(34(27)29)36(32)35;1-21-8-5-10-25(18-21)32-28-16-14-23(3)20-31(28)33(26-11-6-9-22(2)19-26)36-30-17-15-24(4)27-12-7-13-29(34(27)30)35(32)36;1-21-16-18-26-29(20-21)31(24-12-7-4-8-13-24)33-27-15-9-14-25-22(2)17-19-28(32(25)27)34(33)30(26)23-10-5-3-6-11-23;1-21-16-18-26-29(20-21)31(24-12-7-4-8-13-24)34-28-19-17-22(2)25-14-9-15-27(32(25)28)33(34)30(26)23-10-5-3-6-11-23/h2*5-20H,1-4H3;2*3-20H,1-2H3. The zero-order chi connectivity index (χ0) is 94.7. The average Bonchev–Trinajstić information content (AvgIpc) is 1.53. The van der Waals surface area contributed by atoms with Crippen molar-refractivity contribution in [1.82, 2.24) is 0 Å². The lowest BCUT2D eigenvalue weighted by molar-refractivity contribution is 1.46. The van der Waals surface area contributed by atoms with Gasteiger partial charge in [0, 0.05) is 0 Å². The molecule has 664 valence electrons. The molecule has 0 spiro atoms. The Kier molecular flexibility index (Phi) is 20.5. The van der Waals surface area contributed by atoms with Gasteiger partial charge in [0.1, 0.15) is 0 Å². The number of rotatable bonds is 8. The summed E-state index contributed by atoms with van der Waals surface area (Å²) in [4.78, 5) is 0. The third kappa shape index (κ3) is 13.6. The first-order chi connectivity index (χ1) is 68.5. The van der Waals surface area contributed by atoms with Crippen LogP contribution in [-0.4, -0.2) is 0 Å². The first kappa shape index (κ1) is 85.1. The van der Waals surface area contributed by atoms with Gasteiger partial charge in [0.25, 0.3) is 0 Å². The van der Waals surface area contributed by atoms with Crippen LogP contribution < -0.4 is 0 Å². The van der Waals surface area contributed by atoms with Crippen LogP contribution in [0, 0.1) is 83.1 Å². The van der Waals surface area contributed by atoms with Gasteiger partial charge in [-0.3, -0.25) is 0 Å². The zero-order valence-electron chi connectivity index (χ0n) is 81.3. The van der Waals surface area contributed by atoms with Crippen molar-refractivity contribution < 1.29 is 0 Å². The van der Waals surface area contributed by atoms with Crippen LogP contribution in [0.25, 0.3) is 264 Å². The number of hydrogen-bond donors (Lipinski definition) is 0. The molecular weight excluding hydrogens is 1680 g/mol. The zero-order valence-corrected chi connectivity index (χ0v) is 81.3. The molecule has 140 heavy (non-hydrogen) atoms. The Morgan fingerprint density at radius 3 is 0.486 bits per heavy atom. The Balaban J connectivity index is 0.0000000986. The van der Waals surface area contributed by atoms with Crippen LogP contribution in [0.5, 0.6) is 0 Å². The molecule has 0 aliphatic heterocycles. The fourth-order valence-electron chi connectivity index (χ4n) is 24.5. The molecule has 0 atom stereocenters. The number of benzene rings is 24. The van der Waals surface area contributed by atoms with Crippen molar-refractivity contribution in [3.63, 3.8) is 0 Å². The SMILES string of the molecule is Cc1ccc2c(-c3ccccc3)c3c(c(-c4ccccc4)c2c1)-c1ccc(C)c2cccc-3c12.Cc1ccc2c(-c3ccccc3)c3c(c(-c4ccccc4)c2c1)-c1cccc2c(C)ccc-3c12.Cc1cccc(-c2c3c(c(-c4cccc(C)c4)c4cc(C)ccc24)-c2ccc(C)c4cccc-3c24)c1.Cc1cccc(-c2c3c(c(-c4cccc(C)c4)c4cc(C)ccc24)-c2cccc4c(C)ccc-3c24)c1. The summed E-state index contributed by atoms with van der Waals surface area (Å²) in [5.41, 5.74) is 58.4. The maximum atomic E-state index is 2.39. The minimum atomic E-state index is 1.27. The summed E-state index contributed by atoms with van der Waals surface area (Å²) < 4.78 is 0. The molecule has 0 N–H and O–H groups in total. The highest BCUT2D eigenvalue weighted by Gasteiger charge is 2.37. The molecule has 28 rings (SSSR count). The van der Waals surface area contributed by atoms with E-state index in [1.807, 2.05) is 0 Å². The van der Waals surface area contributed by atoms with E-state index in [0.29, 0.717) is 0 Å². The smallest absolute Gasteiger partial charge is 0.000741 e. The molecule has 0 bridgehead atoms. The van der Waals surface area contributed by atoms with Crippen LogP contribution in [0.4, 0.5) is 0 Å². The van der Waals surface area contributed by atoms with Crippen molar-refractivity contribution in [1.29, 1.82) is 0 Å². The summed E-state index contributed by atoms with van der Waals surface area (Å²) in [6.45, 7) is 26.5. The molecule has 4 aliphatic carbocycles. The molecule has 0 saturated carbocycles. The van der Waals surface area contributed by atoms with E-state index >= 15 is 0 Å². The van der Waals surface area contributed by atoms with Gasteiger partial charge in [-0.25, -0.2) is 0 Å². The summed E-state index contributed by atoms with van der Waals surface area (Å²) in [6, 6.07) is 154. The van der Waals surface area contributed by atoms with E-state index in [1.165, 1.54) is 331 Å². The van der Waals surface area contributed by atoms with E-state index in [4.69, 9.17) is 0 Å². The fourth-order valence-corrected chi connectivity index (χ4v) is 24.5. The predicted molar refractivity (Wildman–Crippen MR) is 604 cm³/mol. The molecule has 24 aromatic carbocycles. The molecular formula is C140H104. The van der Waals surface area contributed by atoms with Crippen molar-refractivity contribution in [2.45, 2.75) is 83.1 Å². The van der Waals surface area contributed by atoms with Crippen molar-refractivity contribution in [3.05, 3.63) is 479 Å². The average molecular weight is 1790 g/mol. The normalized spacial score (nSPS) is 11.9. The van der Waals surface area contributed by atoms with Crippen molar-refractivity contribution in [3.8, 4) is 178 Å². The van der Waals surface area contributed by atoms with E-state index in [0.717, 1.165) is 0 Å². The minimum Gasteiger partial charge on any atom is -0.0622 e. The Morgan fingerprint density at radius 2 is 0.271 bits per heavy atom. The van der Waals surface area contributed by atoms with Gasteiger partial charge in [0.2, 0.25) is 0 Å². The Labute approximate surface area is 820 Å². The molecule has 0 heterocycles. The van der Waals surface area contributed by atoms with E-state index < -0.39 is 0 Å². The van der Waals surface area contributed by atoms with Gasteiger partial charge in [-0.05, 0) is 370 Å². The van der Waals surface area contributed by atoms with E-state index in [2.05, 4.69) is 496 Å². The minimum absolute atomic E-state index is 1.27. The largest absolute Gasteiger partial charge is 0.0622 e. The lowest BCUT2D eigenvalue weighted by Crippen LogP contribution is -1.94. The molecule has 0 aromatic heterocycles. The van der Waals surface area contributed by atoms with Crippen LogP contribution in [-0.2, 0) is 0 Å². The maximum absolute atomic E-state index is 2.39. The van der Waals surface area contributed by atoms with Gasteiger partial charge < -0.3 is 0 Å². The summed E-state index contributed by atoms with van der Waals surface area (Å²) in [5.74, 6) is 0. The first-order valence-corrected chi connectivity index (χ1v) is 49.5. The molecule has 0 nitrogen and oxygen atoms in total. The lowest BCUT2D eigenvalue weighted by atomic mass is 9.82. The molecule has 0 radical (unpaired) electrons. The van der Waals surface area contributed by atoms with Crippen molar-refractivity contribution in [2.75, 3.05) is 0 Å². The molecule has 0 fully saturated rings. The van der Waals surface area contributed by atoms with Crippen LogP contribution in [0.1, 0.15) is 66.8 Å². The number of hydrogen-bond acceptors (Lipinski definition) is 0. The van der Waals surface area contributed by atoms with E-state index in [9.17, 15) is 0 Å². The van der Waals surface area contributed by atoms with Crippen molar-refractivity contribution >= 4 is 86.2 Å². The lowest BCUT2D eigenvalue weighted by Gasteiger charge is -2.21. The Morgan fingerprint density at radius 1 is 0.100 bits per heavy atom. The van der Waals surface area contributed by atoms with E-state index in [1.54, 1.807) is 0 Å². The third-order valence-electron chi connectivity index (χ3n) is 30.5. The van der Waals surface area contributed by atoms with Gasteiger partial charge in [-0.2, -0.15) is 0 Å². The summed E-state index contributed by atoms with van der Waals surface area (Å²) in [6.07, 6.45) is 0. The molecule has 0 amide bonds. The predicted octanol–water partition coefficient (Wildman–Crippen LogP) is 39.6. The van der Waals surface area contributed by atoms with Crippen LogP contribution >= 0.6 is 0 Å². The maximum Gasteiger partial charge on any atom is -0.000741 e. The van der Waals surface area contributed by atoms with Gasteiger partial charge in [-0.15, -0.1) is 0 Å². The second-order valence-corrected chi connectivity index (χ2v) is 39.8. The van der Waals surface area contributed by atoms with Crippen molar-refractivity contribution in [2.24, 2.45) is 0 Å². The molecule has 24 aromatic rings. The third-order valence-corrected chi connectivity index (χ3v) is 30.5. The second-order valence-electron chi connectivity index (χ2n) is 39.8. The van der Waals surface area contributed by atoms with Crippen LogP contribution in [0.15, 0.2) is 413 Å². The Hall–Kier alpha value is -16.6. The Bertz CT molecular complexity index is 8940. The highest BCUT2D eigenvalue weighted by atomic mass is 14.4. The van der Waals surface area contributed by atoms with Gasteiger partial charge in [0.15, 0.2) is 0 Å². The highest BCUT2D eigenvalue weighted by molar-refractivity contribution is 6.33. The fraction of sp³-hybridized carbons (Fsp3) is 0.0857. The quantitative estimate of drug-likeness (QED) is 0.142.